The van der Waals surface area contributed by atoms with Crippen LogP contribution in [0.4, 0.5) is 8.78 Å². The Morgan fingerprint density at radius 1 is 1.00 bits per heavy atom. The predicted molar refractivity (Wildman–Crippen MR) is 66.1 cm³/mol. The van der Waals surface area contributed by atoms with Gasteiger partial charge >= 0.3 is 0 Å². The summed E-state index contributed by atoms with van der Waals surface area (Å²) in [7, 11) is 0. The van der Waals surface area contributed by atoms with Crippen LogP contribution in [-0.4, -0.2) is 0 Å². The Kier molecular flexibility index (Phi) is 3.59. The summed E-state index contributed by atoms with van der Waals surface area (Å²) < 4.78 is 27.5. The lowest BCUT2D eigenvalue weighted by Gasteiger charge is -2.06. The molecule has 0 aliphatic heterocycles. The summed E-state index contributed by atoms with van der Waals surface area (Å²) in [5.74, 6) is -1.10. The fraction of sp³-hybridized carbons (Fsp3) is 0.0714. The van der Waals surface area contributed by atoms with Crippen molar-refractivity contribution < 1.29 is 8.78 Å². The van der Waals surface area contributed by atoms with E-state index >= 15 is 0 Å². The van der Waals surface area contributed by atoms with Crippen LogP contribution in [0.15, 0.2) is 36.4 Å². The molecule has 0 amide bonds. The molecule has 0 N–H and O–H groups in total. The Morgan fingerprint density at radius 2 is 1.78 bits per heavy atom. The summed E-state index contributed by atoms with van der Waals surface area (Å²) in [4.78, 5) is 0. The molecule has 90 valence electrons. The van der Waals surface area contributed by atoms with Crippen LogP contribution in [-0.2, 0) is 6.42 Å². The van der Waals surface area contributed by atoms with Gasteiger partial charge in [-0.3, -0.25) is 0 Å². The van der Waals surface area contributed by atoms with E-state index in [2.05, 4.69) is 0 Å². The molecule has 0 saturated carbocycles. The Bertz CT molecular complexity index is 632. The molecular formula is C14H8ClF2N. The molecule has 2 aromatic rings. The van der Waals surface area contributed by atoms with E-state index in [1.54, 1.807) is 6.07 Å². The zero-order chi connectivity index (χ0) is 13.1. The molecule has 0 aliphatic rings. The largest absolute Gasteiger partial charge is 0.206 e. The molecule has 0 aromatic heterocycles. The fourth-order valence-electron chi connectivity index (χ4n) is 1.68. The maximum absolute atomic E-state index is 13.9. The third-order valence-electron chi connectivity index (χ3n) is 2.54. The minimum atomic E-state index is -0.566. The number of nitriles is 1. The highest BCUT2D eigenvalue weighted by Gasteiger charge is 2.11. The molecule has 0 heterocycles. The van der Waals surface area contributed by atoms with Gasteiger partial charge in [0.25, 0.3) is 0 Å². The lowest BCUT2D eigenvalue weighted by Crippen LogP contribution is -1.91. The molecule has 18 heavy (non-hydrogen) atoms. The number of benzene rings is 2. The van der Waals surface area contributed by atoms with Crippen molar-refractivity contribution in [2.75, 3.05) is 0 Å². The summed E-state index contributed by atoms with van der Waals surface area (Å²) in [5.41, 5.74) is 0.807. The Labute approximate surface area is 108 Å². The molecule has 0 aliphatic carbocycles. The van der Waals surface area contributed by atoms with Crippen LogP contribution in [0.1, 0.15) is 5.56 Å². The molecule has 1 nitrogen and oxygen atoms in total. The van der Waals surface area contributed by atoms with Crippen molar-refractivity contribution >= 4 is 11.6 Å². The first-order valence-electron chi connectivity index (χ1n) is 5.22. The van der Waals surface area contributed by atoms with Crippen LogP contribution >= 0.6 is 11.6 Å². The highest BCUT2D eigenvalue weighted by Crippen LogP contribution is 2.28. The van der Waals surface area contributed by atoms with Crippen molar-refractivity contribution in [2.24, 2.45) is 0 Å². The van der Waals surface area contributed by atoms with Crippen molar-refractivity contribution in [1.82, 2.24) is 0 Å². The monoisotopic (exact) mass is 263 g/mol. The van der Waals surface area contributed by atoms with E-state index in [0.717, 1.165) is 0 Å². The molecule has 2 rings (SSSR count). The van der Waals surface area contributed by atoms with Crippen molar-refractivity contribution in [2.45, 2.75) is 6.42 Å². The molecule has 0 atom stereocenters. The third-order valence-corrected chi connectivity index (χ3v) is 2.77. The van der Waals surface area contributed by atoms with E-state index in [1.165, 1.54) is 30.3 Å². The van der Waals surface area contributed by atoms with Gasteiger partial charge < -0.3 is 0 Å². The standard InChI is InChI=1S/C14H8ClF2N/c15-10-2-4-13(16)12(8-10)11-3-1-9(5-6-18)7-14(11)17/h1-4,7-8H,5H2. The second-order valence-electron chi connectivity index (χ2n) is 3.77. The quantitative estimate of drug-likeness (QED) is 0.790. The molecule has 2 aromatic carbocycles. The first kappa shape index (κ1) is 12.5. The van der Waals surface area contributed by atoms with Gasteiger partial charge in [-0.2, -0.15) is 5.26 Å². The number of rotatable bonds is 2. The maximum atomic E-state index is 13.9. The van der Waals surface area contributed by atoms with Crippen LogP contribution in [0.2, 0.25) is 5.02 Å². The Hall–Kier alpha value is -1.92. The molecule has 0 spiro atoms. The van der Waals surface area contributed by atoms with E-state index in [0.29, 0.717) is 10.6 Å². The van der Waals surface area contributed by atoms with Gasteiger partial charge in [0.05, 0.1) is 12.5 Å². The average Bonchev–Trinajstić information content (AvgIpc) is 2.33. The van der Waals surface area contributed by atoms with Gasteiger partial charge in [-0.05, 0) is 29.8 Å². The molecule has 0 fully saturated rings. The molecule has 0 unspecified atom stereocenters. The second kappa shape index (κ2) is 5.16. The third kappa shape index (κ3) is 2.49. The van der Waals surface area contributed by atoms with E-state index in [9.17, 15) is 8.78 Å². The van der Waals surface area contributed by atoms with Gasteiger partial charge in [0.1, 0.15) is 11.6 Å². The topological polar surface area (TPSA) is 23.8 Å². The molecular weight excluding hydrogens is 256 g/mol. The van der Waals surface area contributed by atoms with Crippen LogP contribution in [0.3, 0.4) is 0 Å². The first-order chi connectivity index (χ1) is 8.61. The van der Waals surface area contributed by atoms with Crippen LogP contribution in [0.5, 0.6) is 0 Å². The lowest BCUT2D eigenvalue weighted by atomic mass is 10.0. The van der Waals surface area contributed by atoms with Gasteiger partial charge in [0.15, 0.2) is 0 Å². The minimum absolute atomic E-state index is 0.114. The summed E-state index contributed by atoms with van der Waals surface area (Å²) in [6.45, 7) is 0. The molecule has 4 heteroatoms. The molecule has 0 bridgehead atoms. The SMILES string of the molecule is N#CCc1ccc(-c2cc(Cl)ccc2F)c(F)c1. The van der Waals surface area contributed by atoms with Gasteiger partial charge in [-0.25, -0.2) is 8.78 Å². The summed E-state index contributed by atoms with van der Waals surface area (Å²) >= 11 is 5.77. The maximum Gasteiger partial charge on any atom is 0.131 e. The van der Waals surface area contributed by atoms with Crippen LogP contribution < -0.4 is 0 Å². The summed E-state index contributed by atoms with van der Waals surface area (Å²) in [6.07, 6.45) is 0.120. The fourth-order valence-corrected chi connectivity index (χ4v) is 1.85. The molecule has 0 saturated heterocycles. The van der Waals surface area contributed by atoms with Gasteiger partial charge in [0.2, 0.25) is 0 Å². The predicted octanol–water partition coefficient (Wildman–Crippen LogP) is 4.35. The van der Waals surface area contributed by atoms with Crippen LogP contribution in [0.25, 0.3) is 11.1 Å². The zero-order valence-electron chi connectivity index (χ0n) is 9.25. The second-order valence-corrected chi connectivity index (χ2v) is 4.21. The highest BCUT2D eigenvalue weighted by atomic mass is 35.5. The highest BCUT2D eigenvalue weighted by molar-refractivity contribution is 6.30. The van der Waals surface area contributed by atoms with E-state index < -0.39 is 11.6 Å². The van der Waals surface area contributed by atoms with Crippen molar-refractivity contribution in [1.29, 1.82) is 5.26 Å². The Morgan fingerprint density at radius 3 is 2.44 bits per heavy atom. The number of hydrogen-bond acceptors (Lipinski definition) is 1. The smallest absolute Gasteiger partial charge is 0.131 e. The zero-order valence-corrected chi connectivity index (χ0v) is 10.0. The minimum Gasteiger partial charge on any atom is -0.206 e. The normalized spacial score (nSPS) is 10.1. The van der Waals surface area contributed by atoms with Crippen molar-refractivity contribution in [3.8, 4) is 17.2 Å². The average molecular weight is 264 g/mol. The summed E-state index contributed by atoms with van der Waals surface area (Å²) in [6, 6.07) is 10.2. The van der Waals surface area contributed by atoms with E-state index in [-0.39, 0.29) is 17.5 Å². The van der Waals surface area contributed by atoms with Crippen molar-refractivity contribution in [3.63, 3.8) is 0 Å². The van der Waals surface area contributed by atoms with Gasteiger partial charge in [-0.15, -0.1) is 0 Å². The first-order valence-corrected chi connectivity index (χ1v) is 5.60. The number of halogens is 3. The Balaban J connectivity index is 2.51. The van der Waals surface area contributed by atoms with E-state index in [1.807, 2.05) is 6.07 Å². The van der Waals surface area contributed by atoms with E-state index in [4.69, 9.17) is 16.9 Å². The number of nitrogens with zero attached hydrogens (tertiary/aromatic N) is 1. The van der Waals surface area contributed by atoms with Gasteiger partial charge in [0, 0.05) is 16.1 Å². The van der Waals surface area contributed by atoms with Gasteiger partial charge in [-0.1, -0.05) is 23.7 Å². The number of hydrogen-bond donors (Lipinski definition) is 0. The lowest BCUT2D eigenvalue weighted by molar-refractivity contribution is 0.615. The van der Waals surface area contributed by atoms with Crippen molar-refractivity contribution in [3.05, 3.63) is 58.6 Å². The van der Waals surface area contributed by atoms with Crippen LogP contribution in [0, 0.1) is 23.0 Å². The molecule has 0 radical (unpaired) electrons. The summed E-state index contributed by atoms with van der Waals surface area (Å²) in [5, 5.41) is 8.87.